The summed E-state index contributed by atoms with van der Waals surface area (Å²) in [5, 5.41) is 4.30. The number of benzene rings is 1. The number of rotatable bonds is 8. The van der Waals surface area contributed by atoms with Crippen LogP contribution in [0.3, 0.4) is 0 Å². The van der Waals surface area contributed by atoms with E-state index in [2.05, 4.69) is 40.6 Å². The van der Waals surface area contributed by atoms with Crippen LogP contribution in [0.25, 0.3) is 11.1 Å². The molecule has 9 rings (SSSR count). The third-order valence-corrected chi connectivity index (χ3v) is 10.9. The van der Waals surface area contributed by atoms with Gasteiger partial charge in [0.25, 0.3) is 5.91 Å². The molecule has 12 heteroatoms. The average molecular weight is 635 g/mol. The van der Waals surface area contributed by atoms with Gasteiger partial charge < -0.3 is 9.42 Å². The van der Waals surface area contributed by atoms with Crippen molar-refractivity contribution >= 4 is 27.6 Å². The van der Waals surface area contributed by atoms with E-state index in [0.29, 0.717) is 30.5 Å². The standard InChI is InChI=1S/C33H39FN6O4S/c1-30(2,3)27-37-28(44-38-27)32-11-8-31(9-12-32,10-13-32)20-40(26(41)25-17-33(34)15-22(25)16-33)24-7-5-6-21(14-24)23-18-35-29(36-19-23)39-45(4,42)43/h5-7,14,18-19H,8-13,15-17,20H2,1-4H3,(H,35,36,39). The first-order chi connectivity index (χ1) is 21.2. The number of hydrogen-bond donors (Lipinski definition) is 1. The molecule has 1 amide bonds. The number of alkyl halides is 1. The molecule has 0 saturated heterocycles. The van der Waals surface area contributed by atoms with Crippen LogP contribution in [0.1, 0.15) is 90.3 Å². The number of nitrogens with zero attached hydrogens (tertiary/aromatic N) is 5. The first kappa shape index (κ1) is 30.0. The molecule has 0 unspecified atom stereocenters. The number of anilines is 2. The van der Waals surface area contributed by atoms with Crippen LogP contribution in [-0.2, 0) is 25.6 Å². The molecule has 4 saturated carbocycles. The van der Waals surface area contributed by atoms with Crippen LogP contribution in [0.2, 0.25) is 0 Å². The van der Waals surface area contributed by atoms with Crippen LogP contribution < -0.4 is 9.62 Å². The van der Waals surface area contributed by atoms with Gasteiger partial charge in [-0.15, -0.1) is 0 Å². The van der Waals surface area contributed by atoms with Gasteiger partial charge in [-0.05, 0) is 61.6 Å². The van der Waals surface area contributed by atoms with Crippen molar-refractivity contribution in [1.82, 2.24) is 20.1 Å². The zero-order valence-corrected chi connectivity index (χ0v) is 27.0. The monoisotopic (exact) mass is 634 g/mol. The molecule has 4 bridgehead atoms. The molecule has 45 heavy (non-hydrogen) atoms. The van der Waals surface area contributed by atoms with Gasteiger partial charge in [-0.1, -0.05) is 43.6 Å². The summed E-state index contributed by atoms with van der Waals surface area (Å²) in [7, 11) is -3.50. The lowest BCUT2D eigenvalue weighted by atomic mass is 9.53. The summed E-state index contributed by atoms with van der Waals surface area (Å²) in [6.07, 6.45) is 10.6. The van der Waals surface area contributed by atoms with Crippen LogP contribution in [0.15, 0.2) is 52.3 Å². The molecule has 6 aliphatic carbocycles. The quantitative estimate of drug-likeness (QED) is 0.318. The van der Waals surface area contributed by atoms with Crippen LogP contribution in [0.4, 0.5) is 16.0 Å². The molecule has 3 aromatic rings. The maximum Gasteiger partial charge on any atom is 0.254 e. The molecule has 0 atom stereocenters. The zero-order chi connectivity index (χ0) is 31.8. The van der Waals surface area contributed by atoms with Gasteiger partial charge in [0.1, 0.15) is 5.67 Å². The number of halogens is 1. The van der Waals surface area contributed by atoms with E-state index in [1.165, 1.54) is 0 Å². The fourth-order valence-corrected chi connectivity index (χ4v) is 8.05. The van der Waals surface area contributed by atoms with Crippen LogP contribution in [0.5, 0.6) is 0 Å². The van der Waals surface area contributed by atoms with Crippen molar-refractivity contribution in [3.63, 3.8) is 0 Å². The molecule has 1 aromatic carbocycles. The highest BCUT2D eigenvalue weighted by atomic mass is 32.2. The first-order valence-electron chi connectivity index (χ1n) is 15.6. The molecule has 4 fully saturated rings. The number of sulfonamides is 1. The van der Waals surface area contributed by atoms with E-state index in [9.17, 15) is 17.6 Å². The number of carbonyl (C=O) groups excluding carboxylic acids is 1. The summed E-state index contributed by atoms with van der Waals surface area (Å²) in [4.78, 5) is 29.3. The highest BCUT2D eigenvalue weighted by molar-refractivity contribution is 7.91. The Labute approximate surface area is 263 Å². The Morgan fingerprint density at radius 2 is 1.69 bits per heavy atom. The Hall–Kier alpha value is -3.67. The topological polar surface area (TPSA) is 131 Å². The molecule has 2 aromatic heterocycles. The van der Waals surface area contributed by atoms with E-state index >= 15 is 0 Å². The molecule has 238 valence electrons. The summed E-state index contributed by atoms with van der Waals surface area (Å²) in [5.41, 5.74) is 2.15. The predicted molar refractivity (Wildman–Crippen MR) is 168 cm³/mol. The molecule has 0 spiro atoms. The Morgan fingerprint density at radius 1 is 1.02 bits per heavy atom. The van der Waals surface area contributed by atoms with Gasteiger partial charge in [-0.25, -0.2) is 22.8 Å². The van der Waals surface area contributed by atoms with Gasteiger partial charge in [0.15, 0.2) is 5.82 Å². The number of allylic oxidation sites excluding steroid dienone is 1. The summed E-state index contributed by atoms with van der Waals surface area (Å²) in [6, 6.07) is 7.67. The third kappa shape index (κ3) is 5.55. The fourth-order valence-electron chi connectivity index (χ4n) is 7.61. The van der Waals surface area contributed by atoms with Crippen molar-refractivity contribution in [2.75, 3.05) is 22.4 Å². The number of nitrogens with one attached hydrogen (secondary N) is 1. The minimum absolute atomic E-state index is 0.0112. The second kappa shape index (κ2) is 10.2. The molecule has 0 aliphatic heterocycles. The summed E-state index contributed by atoms with van der Waals surface area (Å²) < 4.78 is 46.2. The lowest BCUT2D eigenvalue weighted by Gasteiger charge is -2.53. The second-order valence-corrected chi connectivity index (χ2v) is 16.6. The largest absolute Gasteiger partial charge is 0.339 e. The minimum Gasteiger partial charge on any atom is -0.339 e. The number of hydrogen-bond acceptors (Lipinski definition) is 8. The maximum absolute atomic E-state index is 15.0. The van der Waals surface area contributed by atoms with Crippen molar-refractivity contribution < 1.29 is 22.1 Å². The summed E-state index contributed by atoms with van der Waals surface area (Å²) in [6.45, 7) is 6.80. The molecule has 10 nitrogen and oxygen atoms in total. The lowest BCUT2D eigenvalue weighted by Crippen LogP contribution is -2.51. The smallest absolute Gasteiger partial charge is 0.254 e. The van der Waals surface area contributed by atoms with Gasteiger partial charge in [-0.3, -0.25) is 9.52 Å². The second-order valence-electron chi connectivity index (χ2n) is 14.8. The lowest BCUT2D eigenvalue weighted by molar-refractivity contribution is -0.116. The summed E-state index contributed by atoms with van der Waals surface area (Å²) >= 11 is 0. The van der Waals surface area contributed by atoms with E-state index in [4.69, 9.17) is 9.51 Å². The molecule has 2 heterocycles. The van der Waals surface area contributed by atoms with Crippen LogP contribution >= 0.6 is 0 Å². The normalized spacial score (nSPS) is 25.3. The zero-order valence-electron chi connectivity index (χ0n) is 26.2. The Morgan fingerprint density at radius 3 is 2.24 bits per heavy atom. The fraction of sp³-hybridized carbons (Fsp3) is 0.545. The van der Waals surface area contributed by atoms with Gasteiger partial charge in [0, 0.05) is 65.9 Å². The van der Waals surface area contributed by atoms with Crippen molar-refractivity contribution in [1.29, 1.82) is 0 Å². The van der Waals surface area contributed by atoms with E-state index in [-0.39, 0.29) is 34.5 Å². The van der Waals surface area contributed by atoms with Crippen LogP contribution in [0, 0.1) is 5.41 Å². The molecule has 6 aliphatic rings. The minimum atomic E-state index is -3.50. The number of fused-ring (bicyclic) bond motifs is 4. The Bertz CT molecular complexity index is 1780. The molecule has 1 N–H and O–H groups in total. The van der Waals surface area contributed by atoms with Gasteiger partial charge in [0.2, 0.25) is 21.9 Å². The number of carbonyl (C=O) groups is 1. The van der Waals surface area contributed by atoms with E-state index in [1.807, 2.05) is 29.2 Å². The molecular weight excluding hydrogens is 595 g/mol. The van der Waals surface area contributed by atoms with Crippen molar-refractivity contribution in [3.8, 4) is 11.1 Å². The van der Waals surface area contributed by atoms with E-state index in [0.717, 1.165) is 73.3 Å². The van der Waals surface area contributed by atoms with Crippen molar-refractivity contribution in [2.24, 2.45) is 5.41 Å². The van der Waals surface area contributed by atoms with Gasteiger partial charge in [-0.2, -0.15) is 4.98 Å². The van der Waals surface area contributed by atoms with E-state index in [1.54, 1.807) is 12.4 Å². The summed E-state index contributed by atoms with van der Waals surface area (Å²) in [5.74, 6) is 1.36. The molecular formula is C33H39FN6O4S. The highest BCUT2D eigenvalue weighted by Gasteiger charge is 2.55. The Kier molecular flexibility index (Phi) is 6.78. The van der Waals surface area contributed by atoms with Crippen LogP contribution in [-0.4, -0.2) is 52.9 Å². The SMILES string of the molecule is CC(C)(C)c1noc(C23CCC(CN(C(=O)C4=C5CC(F)(C5)C4)c4cccc(-c5cnc(NS(C)(=O)=O)nc5)c4)(CC2)CC3)n1. The van der Waals surface area contributed by atoms with Gasteiger partial charge in [0.05, 0.1) is 6.26 Å². The van der Waals surface area contributed by atoms with Crippen molar-refractivity contribution in [3.05, 3.63) is 59.5 Å². The van der Waals surface area contributed by atoms with E-state index < -0.39 is 15.7 Å². The van der Waals surface area contributed by atoms with Gasteiger partial charge >= 0.3 is 0 Å². The number of amides is 1. The molecule has 0 radical (unpaired) electrons. The third-order valence-electron chi connectivity index (χ3n) is 10.3. The number of aromatic nitrogens is 4. The first-order valence-corrected chi connectivity index (χ1v) is 17.5. The van der Waals surface area contributed by atoms with Crippen molar-refractivity contribution in [2.45, 2.75) is 95.1 Å². The Balaban J connectivity index is 1.16. The maximum atomic E-state index is 15.0. The predicted octanol–water partition coefficient (Wildman–Crippen LogP) is 6.02. The highest BCUT2D eigenvalue weighted by Crippen LogP contribution is 2.59. The average Bonchev–Trinajstić information content (AvgIpc) is 3.70.